The standard InChI is InChI=1S/C39H47FN4O6.C33H35FN2O5.Ca/c1-25(2)36-35(38(48)43-29-13-7-4-8-14-29)34(26-11-5-3-6-12-26)37(27-16-18-28(40)19-17-27)44(36)22-20-30(45)23-31(24-33(46)47)50-39(49)32(42)15-9-10-21-41;1-21(2)31-30(33(41)35-25-11-7-4-8-12-25)29(22-9-5-3-6-10-22)32(23-13-15-24(34)16-14-23)36(31)18-17-26(37)19-27(38)20-28(39)40;/h3-8,11-14,16-19,25,30-32,45H,9-10,15,20-24,41-42H2,1-2H3,(H,43,48)(H,46,47);3-16,21,26-27,37-38H,17-20H2,1-2H3,(H,35,41)(H,39,40);/q;;+2/p-2/t30-,31-,32+;26-,27-;/m11./s1. The number of para-hydroxylation sites is 2. The van der Waals surface area contributed by atoms with E-state index >= 15 is 0 Å². The van der Waals surface area contributed by atoms with Gasteiger partial charge in [0, 0.05) is 78.2 Å². The number of hydrogen-bond donors (Lipinski definition) is 7. The minimum atomic E-state index is -1.43. The van der Waals surface area contributed by atoms with Gasteiger partial charge in [0.25, 0.3) is 11.8 Å². The summed E-state index contributed by atoms with van der Waals surface area (Å²) in [7, 11) is 0. The van der Waals surface area contributed by atoms with Gasteiger partial charge in [-0.1, -0.05) is 131 Å². The molecule has 6 aromatic carbocycles. The Morgan fingerprint density at radius 2 is 0.891 bits per heavy atom. The minimum absolute atomic E-state index is 0. The van der Waals surface area contributed by atoms with E-state index in [1.165, 1.54) is 24.3 Å². The number of halogens is 2. The number of benzene rings is 6. The Balaban J connectivity index is 0.000000294. The normalized spacial score (nSPS) is 12.8. The molecule has 17 nitrogen and oxygen atoms in total. The van der Waals surface area contributed by atoms with Gasteiger partial charge < -0.3 is 71.1 Å². The second-order valence-corrected chi connectivity index (χ2v) is 23.1. The third-order valence-corrected chi connectivity index (χ3v) is 15.4. The molecule has 0 spiro atoms. The summed E-state index contributed by atoms with van der Waals surface area (Å²) < 4.78 is 37.6. The molecule has 0 saturated carbocycles. The van der Waals surface area contributed by atoms with Crippen molar-refractivity contribution < 1.29 is 63.0 Å². The number of nitrogens with one attached hydrogen (secondary N) is 2. The van der Waals surface area contributed by atoms with Gasteiger partial charge in [-0.2, -0.15) is 0 Å². The zero-order valence-corrected chi connectivity index (χ0v) is 54.5. The van der Waals surface area contributed by atoms with Crippen LogP contribution in [0.1, 0.15) is 129 Å². The first-order valence-electron chi connectivity index (χ1n) is 30.6. The van der Waals surface area contributed by atoms with Crippen molar-refractivity contribution in [3.8, 4) is 44.8 Å². The van der Waals surface area contributed by atoms with E-state index < -0.39 is 72.8 Å². The van der Waals surface area contributed by atoms with Crippen molar-refractivity contribution in [2.75, 3.05) is 17.2 Å². The molecule has 20 heteroatoms. The predicted octanol–water partition coefficient (Wildman–Crippen LogP) is 9.58. The van der Waals surface area contributed by atoms with Gasteiger partial charge in [-0.3, -0.25) is 14.4 Å². The van der Waals surface area contributed by atoms with Crippen LogP contribution in [0.2, 0.25) is 0 Å². The Bertz CT molecular complexity index is 3670. The first-order chi connectivity index (χ1) is 43.6. The van der Waals surface area contributed by atoms with Crippen molar-refractivity contribution >= 4 is 78.8 Å². The number of ether oxygens (including phenoxy) is 1. The number of nitrogens with zero attached hydrogens (tertiary/aromatic N) is 2. The maximum atomic E-state index is 14.3. The van der Waals surface area contributed by atoms with Crippen molar-refractivity contribution in [1.29, 1.82) is 0 Å². The van der Waals surface area contributed by atoms with Crippen LogP contribution in [0.4, 0.5) is 20.2 Å². The fraction of sp³-hybridized carbons (Fsp3) is 0.319. The Hall–Kier alpha value is -7.85. The van der Waals surface area contributed by atoms with Crippen molar-refractivity contribution in [3.63, 3.8) is 0 Å². The quantitative estimate of drug-likeness (QED) is 0.0126. The number of esters is 1. The smallest absolute Gasteiger partial charge is 0.550 e. The van der Waals surface area contributed by atoms with Crippen LogP contribution in [0.25, 0.3) is 44.8 Å². The van der Waals surface area contributed by atoms with E-state index in [4.69, 9.17) is 16.2 Å². The van der Waals surface area contributed by atoms with E-state index in [2.05, 4.69) is 10.6 Å². The van der Waals surface area contributed by atoms with Crippen LogP contribution in [0.3, 0.4) is 0 Å². The summed E-state index contributed by atoms with van der Waals surface area (Å²) in [5.74, 6) is -5.31. The van der Waals surface area contributed by atoms with Crippen LogP contribution in [0.5, 0.6) is 0 Å². The van der Waals surface area contributed by atoms with Crippen LogP contribution < -0.4 is 32.3 Å². The summed E-state index contributed by atoms with van der Waals surface area (Å²) in [6.07, 6.45) is -4.09. The maximum absolute atomic E-state index is 14.3. The molecular weight excluding hydrogens is 1200 g/mol. The average Bonchev–Trinajstić information content (AvgIpc) is 1.60. The zero-order valence-electron chi connectivity index (χ0n) is 52.3. The zero-order chi connectivity index (χ0) is 65.7. The number of carbonyl (C=O) groups excluding carboxylic acids is 5. The maximum Gasteiger partial charge on any atom is 2.00 e. The number of unbranched alkanes of at least 4 members (excludes halogenated alkanes) is 1. The van der Waals surface area contributed by atoms with Crippen LogP contribution >= 0.6 is 0 Å². The van der Waals surface area contributed by atoms with Crippen LogP contribution in [-0.2, 0) is 32.2 Å². The molecule has 0 saturated heterocycles. The molecular formula is C72H80CaF2N6O11. The Morgan fingerprint density at radius 1 is 0.511 bits per heavy atom. The fourth-order valence-corrected chi connectivity index (χ4v) is 11.3. The van der Waals surface area contributed by atoms with Crippen LogP contribution in [0.15, 0.2) is 170 Å². The number of anilines is 2. The molecule has 92 heavy (non-hydrogen) atoms. The number of amides is 2. The van der Waals surface area contributed by atoms with Gasteiger partial charge in [0.05, 0.1) is 40.8 Å². The molecule has 2 amide bonds. The molecule has 9 N–H and O–H groups in total. The molecule has 8 rings (SSSR count). The molecule has 0 aliphatic heterocycles. The van der Waals surface area contributed by atoms with Crippen molar-refractivity contribution in [3.05, 3.63) is 204 Å². The summed E-state index contributed by atoms with van der Waals surface area (Å²) >= 11 is 0. The van der Waals surface area contributed by atoms with Crippen LogP contribution in [-0.4, -0.2) is 129 Å². The van der Waals surface area contributed by atoms with Gasteiger partial charge in [-0.15, -0.1) is 0 Å². The monoisotopic (exact) mass is 1280 g/mol. The summed E-state index contributed by atoms with van der Waals surface area (Å²) in [5.41, 5.74) is 20.7. The van der Waals surface area contributed by atoms with Crippen LogP contribution in [0, 0.1) is 11.6 Å². The Kier molecular flexibility index (Phi) is 28.5. The Morgan fingerprint density at radius 3 is 1.26 bits per heavy atom. The second-order valence-electron chi connectivity index (χ2n) is 23.1. The van der Waals surface area contributed by atoms with Crippen molar-refractivity contribution in [1.82, 2.24) is 9.13 Å². The van der Waals surface area contributed by atoms with Crippen molar-refractivity contribution in [2.24, 2.45) is 11.5 Å². The molecule has 0 bridgehead atoms. The molecule has 2 heterocycles. The molecule has 5 atom stereocenters. The number of aliphatic hydroxyl groups excluding tert-OH is 3. The number of aliphatic hydroxyl groups is 3. The van der Waals surface area contributed by atoms with E-state index in [1.807, 2.05) is 134 Å². The molecule has 480 valence electrons. The summed E-state index contributed by atoms with van der Waals surface area (Å²) in [5, 5.41) is 60.4. The fourth-order valence-electron chi connectivity index (χ4n) is 11.3. The predicted molar refractivity (Wildman–Crippen MR) is 350 cm³/mol. The number of aliphatic carboxylic acids is 2. The van der Waals surface area contributed by atoms with Gasteiger partial charge in [0.2, 0.25) is 0 Å². The summed E-state index contributed by atoms with van der Waals surface area (Å²) in [4.78, 5) is 63.4. The molecule has 8 aromatic rings. The second kappa shape index (κ2) is 35.8. The van der Waals surface area contributed by atoms with Gasteiger partial charge in [0.1, 0.15) is 23.8 Å². The number of nitrogens with two attached hydrogens (primary N) is 2. The average molecular weight is 1280 g/mol. The first-order valence-corrected chi connectivity index (χ1v) is 30.6. The van der Waals surface area contributed by atoms with E-state index in [9.17, 15) is 58.3 Å². The van der Waals surface area contributed by atoms with E-state index in [0.29, 0.717) is 87.6 Å². The molecule has 0 unspecified atom stereocenters. The van der Waals surface area contributed by atoms with Gasteiger partial charge in [-0.05, 0) is 146 Å². The minimum Gasteiger partial charge on any atom is -0.550 e. The Labute approximate surface area is 565 Å². The topological polar surface area (TPSA) is 287 Å². The summed E-state index contributed by atoms with van der Waals surface area (Å²) in [6.45, 7) is 8.81. The van der Waals surface area contributed by atoms with Gasteiger partial charge in [-0.25, -0.2) is 8.78 Å². The van der Waals surface area contributed by atoms with E-state index in [-0.39, 0.29) is 100 Å². The SMILES string of the molecule is CC(C)c1c(C(=O)Nc2ccccc2)c(-c2ccccc2)c(-c2ccc(F)cc2)n1CC[C@@H](O)C[C@@H](O)CC(=O)[O-].CC(C)c1c(C(=O)Nc2ccccc2)c(-c2ccccc2)c(-c2ccc(F)cc2)n1CC[C@@H](O)C[C@H](CC(=O)[O-])OC(=O)[C@@H](N)CCCCN.[Ca+2]. The molecule has 0 aliphatic rings. The number of hydrogen-bond acceptors (Lipinski definition) is 13. The molecule has 0 radical (unpaired) electrons. The van der Waals surface area contributed by atoms with Gasteiger partial charge in [0.15, 0.2) is 0 Å². The molecule has 0 fully saturated rings. The largest absolute Gasteiger partial charge is 2.00 e. The molecule has 0 aliphatic carbocycles. The number of carbonyl (C=O) groups is 5. The summed E-state index contributed by atoms with van der Waals surface area (Å²) in [6, 6.07) is 48.3. The van der Waals surface area contributed by atoms with E-state index in [1.54, 1.807) is 48.5 Å². The number of carboxylic acids is 2. The number of rotatable bonds is 30. The van der Waals surface area contributed by atoms with Gasteiger partial charge >= 0.3 is 43.7 Å². The van der Waals surface area contributed by atoms with E-state index in [0.717, 1.165) is 16.8 Å². The third-order valence-electron chi connectivity index (χ3n) is 15.4. The van der Waals surface area contributed by atoms with Crippen molar-refractivity contribution in [2.45, 2.75) is 141 Å². The third kappa shape index (κ3) is 20.3. The first kappa shape index (κ1) is 73.2. The number of carboxylic acid groups (broad SMARTS) is 2. The molecule has 2 aromatic heterocycles. The number of aromatic nitrogens is 2.